The molecule has 8 rings (SSSR count). The van der Waals surface area contributed by atoms with Gasteiger partial charge >= 0.3 is 0 Å². The predicted molar refractivity (Wildman–Crippen MR) is 232 cm³/mol. The maximum absolute atomic E-state index is 5.16. The second-order valence-corrected chi connectivity index (χ2v) is 17.4. The Balaban J connectivity index is 1.28. The van der Waals surface area contributed by atoms with Crippen LogP contribution < -0.4 is 4.90 Å². The zero-order chi connectivity index (χ0) is 38.7. The molecule has 0 bridgehead atoms. The Morgan fingerprint density at radius 1 is 0.527 bits per heavy atom. The third-order valence-corrected chi connectivity index (χ3v) is 11.1. The SMILES string of the molecule is CN(c1cccc(-n2nc(C(C)(C)C)cc2C(C)(C)C)c1)c1ccc2c3cc(-c4ccccc4)ccc3n(-c3cc(C(C)(C)c4ccccc4)ccn3)c2c1. The first-order valence-electron chi connectivity index (χ1n) is 19.3. The quantitative estimate of drug-likeness (QED) is 0.164. The van der Waals surface area contributed by atoms with Gasteiger partial charge in [0, 0.05) is 57.3 Å². The number of pyridine rings is 1. The average Bonchev–Trinajstić information content (AvgIpc) is 3.79. The van der Waals surface area contributed by atoms with E-state index in [0.717, 1.165) is 39.6 Å². The Morgan fingerprint density at radius 3 is 1.95 bits per heavy atom. The smallest absolute Gasteiger partial charge is 0.137 e. The summed E-state index contributed by atoms with van der Waals surface area (Å²) >= 11 is 0. The van der Waals surface area contributed by atoms with Crippen molar-refractivity contribution in [3.8, 4) is 22.6 Å². The maximum Gasteiger partial charge on any atom is 0.137 e. The fourth-order valence-electron chi connectivity index (χ4n) is 7.69. The van der Waals surface area contributed by atoms with Crippen LogP contribution in [0, 0.1) is 0 Å². The molecule has 5 nitrogen and oxygen atoms in total. The van der Waals surface area contributed by atoms with Crippen molar-refractivity contribution in [1.82, 2.24) is 19.3 Å². The highest BCUT2D eigenvalue weighted by atomic mass is 15.3. The fraction of sp³-hybridized carbons (Fsp3) is 0.240. The normalized spacial score (nSPS) is 12.5. The number of aromatic nitrogens is 4. The maximum atomic E-state index is 5.16. The van der Waals surface area contributed by atoms with Crippen LogP contribution in [0.5, 0.6) is 0 Å². The van der Waals surface area contributed by atoms with Crippen molar-refractivity contribution in [2.75, 3.05) is 11.9 Å². The standard InChI is InChI=1S/C50H51N5/c1-48(2,3)45-33-46(49(4,5)6)55(52-45)40-22-16-21-38(31-40)53(9)39-24-25-41-42-29-35(34-17-12-10-13-18-34)23-26-43(42)54(44(41)32-39)47-30-37(27-28-51-47)50(7,8)36-19-14-11-15-20-36/h10-33H,1-9H3. The molecule has 0 aliphatic carbocycles. The van der Waals surface area contributed by atoms with Crippen LogP contribution in [0.15, 0.2) is 146 Å². The van der Waals surface area contributed by atoms with Crippen molar-refractivity contribution in [1.29, 1.82) is 0 Å². The van der Waals surface area contributed by atoms with Gasteiger partial charge in [-0.15, -0.1) is 0 Å². The van der Waals surface area contributed by atoms with E-state index in [9.17, 15) is 0 Å². The highest BCUT2D eigenvalue weighted by Gasteiger charge is 2.27. The van der Waals surface area contributed by atoms with Crippen LogP contribution in [-0.2, 0) is 16.2 Å². The first-order valence-corrected chi connectivity index (χ1v) is 19.3. The van der Waals surface area contributed by atoms with E-state index in [0.29, 0.717) is 0 Å². The van der Waals surface area contributed by atoms with Gasteiger partial charge in [0.2, 0.25) is 0 Å². The van der Waals surface area contributed by atoms with Crippen LogP contribution >= 0.6 is 0 Å². The second kappa shape index (κ2) is 13.4. The van der Waals surface area contributed by atoms with Crippen LogP contribution in [-0.4, -0.2) is 26.4 Å². The molecule has 0 unspecified atom stereocenters. The van der Waals surface area contributed by atoms with E-state index in [4.69, 9.17) is 10.1 Å². The molecule has 8 aromatic rings. The summed E-state index contributed by atoms with van der Waals surface area (Å²) in [7, 11) is 2.15. The van der Waals surface area contributed by atoms with Gasteiger partial charge in [0.05, 0.1) is 22.4 Å². The van der Waals surface area contributed by atoms with E-state index < -0.39 is 0 Å². The first-order chi connectivity index (χ1) is 26.2. The monoisotopic (exact) mass is 721 g/mol. The molecule has 5 aromatic carbocycles. The minimum atomic E-state index is -0.205. The highest BCUT2D eigenvalue weighted by Crippen LogP contribution is 2.39. The molecule has 3 heterocycles. The Kier molecular flexibility index (Phi) is 8.80. The number of nitrogens with zero attached hydrogens (tertiary/aromatic N) is 5. The van der Waals surface area contributed by atoms with E-state index in [2.05, 4.69) is 216 Å². The van der Waals surface area contributed by atoms with Gasteiger partial charge < -0.3 is 4.90 Å². The summed E-state index contributed by atoms with van der Waals surface area (Å²) in [5.41, 5.74) is 12.3. The lowest BCUT2D eigenvalue weighted by Gasteiger charge is -2.26. The van der Waals surface area contributed by atoms with Gasteiger partial charge in [0.25, 0.3) is 0 Å². The molecule has 3 aromatic heterocycles. The van der Waals surface area contributed by atoms with Crippen molar-refractivity contribution in [3.63, 3.8) is 0 Å². The molecule has 0 N–H and O–H groups in total. The van der Waals surface area contributed by atoms with Crippen molar-refractivity contribution in [2.24, 2.45) is 0 Å². The lowest BCUT2D eigenvalue weighted by atomic mass is 9.78. The van der Waals surface area contributed by atoms with Crippen LogP contribution in [0.3, 0.4) is 0 Å². The topological polar surface area (TPSA) is 38.9 Å². The molecule has 0 saturated heterocycles. The predicted octanol–water partition coefficient (Wildman–Crippen LogP) is 12.7. The largest absolute Gasteiger partial charge is 0.344 e. The molecule has 55 heavy (non-hydrogen) atoms. The number of benzene rings is 5. The average molecular weight is 722 g/mol. The highest BCUT2D eigenvalue weighted by molar-refractivity contribution is 6.11. The molecule has 276 valence electrons. The number of fused-ring (bicyclic) bond motifs is 3. The molecular formula is C50H51N5. The van der Waals surface area contributed by atoms with Gasteiger partial charge in [-0.05, 0) is 82.9 Å². The zero-order valence-corrected chi connectivity index (χ0v) is 33.6. The Hall–Kier alpha value is -5.94. The van der Waals surface area contributed by atoms with E-state index >= 15 is 0 Å². The summed E-state index contributed by atoms with van der Waals surface area (Å²) in [6.07, 6.45) is 1.96. The van der Waals surface area contributed by atoms with E-state index in [-0.39, 0.29) is 16.2 Å². The van der Waals surface area contributed by atoms with Crippen LogP contribution in [0.1, 0.15) is 77.9 Å². The van der Waals surface area contributed by atoms with Gasteiger partial charge in [-0.3, -0.25) is 4.57 Å². The third-order valence-electron chi connectivity index (χ3n) is 11.1. The summed E-state index contributed by atoms with van der Waals surface area (Å²) in [6, 6.07) is 50.4. The van der Waals surface area contributed by atoms with Crippen LogP contribution in [0.25, 0.3) is 44.4 Å². The third kappa shape index (κ3) is 6.62. The Morgan fingerprint density at radius 2 is 1.24 bits per heavy atom. The second-order valence-electron chi connectivity index (χ2n) is 17.4. The summed E-state index contributed by atoms with van der Waals surface area (Å²) in [6.45, 7) is 18.0. The molecule has 0 aliphatic heterocycles. The molecule has 5 heteroatoms. The molecule has 0 spiro atoms. The van der Waals surface area contributed by atoms with E-state index in [1.807, 2.05) is 6.20 Å². The fourth-order valence-corrected chi connectivity index (χ4v) is 7.69. The molecule has 0 amide bonds. The van der Waals surface area contributed by atoms with Crippen molar-refractivity contribution >= 4 is 33.2 Å². The van der Waals surface area contributed by atoms with Crippen molar-refractivity contribution in [2.45, 2.75) is 71.6 Å². The van der Waals surface area contributed by atoms with Gasteiger partial charge in [-0.2, -0.15) is 5.10 Å². The summed E-state index contributed by atoms with van der Waals surface area (Å²) in [5, 5.41) is 7.55. The molecule has 0 saturated carbocycles. The minimum Gasteiger partial charge on any atom is -0.344 e. The Labute approximate surface area is 325 Å². The van der Waals surface area contributed by atoms with Crippen LogP contribution in [0.4, 0.5) is 11.4 Å². The van der Waals surface area contributed by atoms with Crippen LogP contribution in [0.2, 0.25) is 0 Å². The summed E-state index contributed by atoms with van der Waals surface area (Å²) in [4.78, 5) is 7.31. The Bertz CT molecular complexity index is 2650. The van der Waals surface area contributed by atoms with Gasteiger partial charge in [-0.1, -0.05) is 134 Å². The number of hydrogen-bond donors (Lipinski definition) is 0. The summed E-state index contributed by atoms with van der Waals surface area (Å²) < 4.78 is 4.48. The van der Waals surface area contributed by atoms with Gasteiger partial charge in [0.15, 0.2) is 0 Å². The zero-order valence-electron chi connectivity index (χ0n) is 33.6. The first kappa shape index (κ1) is 36.1. The lowest BCUT2D eigenvalue weighted by molar-refractivity contribution is 0.537. The lowest BCUT2D eigenvalue weighted by Crippen LogP contribution is -2.19. The van der Waals surface area contributed by atoms with Gasteiger partial charge in [0.1, 0.15) is 5.82 Å². The van der Waals surface area contributed by atoms with Gasteiger partial charge in [-0.25, -0.2) is 9.67 Å². The number of hydrogen-bond acceptors (Lipinski definition) is 3. The molecule has 0 radical (unpaired) electrons. The molecular weight excluding hydrogens is 671 g/mol. The van der Waals surface area contributed by atoms with Crippen molar-refractivity contribution < 1.29 is 0 Å². The van der Waals surface area contributed by atoms with E-state index in [1.165, 1.54) is 38.7 Å². The number of anilines is 2. The minimum absolute atomic E-state index is 0.0545. The molecule has 0 aliphatic rings. The van der Waals surface area contributed by atoms with E-state index in [1.54, 1.807) is 0 Å². The molecule has 0 fully saturated rings. The summed E-state index contributed by atoms with van der Waals surface area (Å²) in [5.74, 6) is 0.902. The molecule has 0 atom stereocenters. The van der Waals surface area contributed by atoms with Crippen molar-refractivity contribution in [3.05, 3.63) is 168 Å². The number of rotatable bonds is 7.